The lowest BCUT2D eigenvalue weighted by atomic mass is 9.97. The number of carbonyl (C=O) groups is 2. The molecule has 4 heteroatoms. The maximum Gasteiger partial charge on any atom is 0.227 e. The molecule has 2 N–H and O–H groups in total. The van der Waals surface area contributed by atoms with Crippen LogP contribution in [0, 0.1) is 5.92 Å². The number of amides is 2. The van der Waals surface area contributed by atoms with Crippen LogP contribution in [0.4, 0.5) is 11.4 Å². The highest BCUT2D eigenvalue weighted by Crippen LogP contribution is 2.30. The largest absolute Gasteiger partial charge is 0.326 e. The van der Waals surface area contributed by atoms with Crippen LogP contribution in [0.15, 0.2) is 54.6 Å². The number of benzene rings is 2. The second kappa shape index (κ2) is 7.30. The summed E-state index contributed by atoms with van der Waals surface area (Å²) in [5.74, 6) is 0.354. The topological polar surface area (TPSA) is 58.2 Å². The average molecular weight is 322 g/mol. The van der Waals surface area contributed by atoms with Gasteiger partial charge in [-0.05, 0) is 42.5 Å². The normalized spacial score (nSPS) is 14.7. The molecule has 0 saturated heterocycles. The second-order valence-electron chi connectivity index (χ2n) is 6.41. The van der Waals surface area contributed by atoms with Gasteiger partial charge in [-0.15, -0.1) is 0 Å². The zero-order chi connectivity index (χ0) is 16.9. The van der Waals surface area contributed by atoms with Crippen molar-refractivity contribution in [3.05, 3.63) is 60.2 Å². The molecule has 1 unspecified atom stereocenters. The highest BCUT2D eigenvalue weighted by atomic mass is 16.2. The Bertz CT molecular complexity index is 723. The minimum absolute atomic E-state index is 0.0305. The van der Waals surface area contributed by atoms with E-state index in [4.69, 9.17) is 0 Å². The lowest BCUT2D eigenvalue weighted by Crippen LogP contribution is -2.16. The summed E-state index contributed by atoms with van der Waals surface area (Å²) in [4.78, 5) is 24.1. The zero-order valence-electron chi connectivity index (χ0n) is 13.8. The molecule has 1 aliphatic carbocycles. The van der Waals surface area contributed by atoms with Gasteiger partial charge in [-0.3, -0.25) is 9.59 Å². The van der Waals surface area contributed by atoms with Crippen molar-refractivity contribution in [3.63, 3.8) is 0 Å². The maximum absolute atomic E-state index is 12.2. The third-order valence-electron chi connectivity index (χ3n) is 4.22. The van der Waals surface area contributed by atoms with Crippen molar-refractivity contribution in [1.82, 2.24) is 0 Å². The molecule has 0 aromatic heterocycles. The van der Waals surface area contributed by atoms with Crippen molar-refractivity contribution in [1.29, 1.82) is 0 Å². The summed E-state index contributed by atoms with van der Waals surface area (Å²) < 4.78 is 0. The zero-order valence-corrected chi connectivity index (χ0v) is 13.8. The van der Waals surface area contributed by atoms with Crippen LogP contribution >= 0.6 is 0 Å². The van der Waals surface area contributed by atoms with Gasteiger partial charge >= 0.3 is 0 Å². The molecule has 0 aliphatic heterocycles. The first-order valence-electron chi connectivity index (χ1n) is 8.37. The van der Waals surface area contributed by atoms with Crippen LogP contribution in [-0.4, -0.2) is 11.8 Å². The van der Waals surface area contributed by atoms with Gasteiger partial charge in [-0.1, -0.05) is 43.3 Å². The summed E-state index contributed by atoms with van der Waals surface area (Å²) in [5.41, 5.74) is 2.58. The first-order valence-corrected chi connectivity index (χ1v) is 8.37. The standard InChI is InChI=1S/C20H22N2O2/c1-14(15-6-3-2-4-7-15)12-19(23)21-17-8-5-9-18(13-17)22-20(24)16-10-11-16/h2-9,13-14,16H,10-12H2,1H3,(H,21,23)(H,22,24). The van der Waals surface area contributed by atoms with Gasteiger partial charge in [0.1, 0.15) is 0 Å². The molecule has 1 atom stereocenters. The Morgan fingerprint density at radius 2 is 1.67 bits per heavy atom. The van der Waals surface area contributed by atoms with E-state index >= 15 is 0 Å². The minimum atomic E-state index is -0.0305. The van der Waals surface area contributed by atoms with E-state index in [1.807, 2.05) is 55.5 Å². The van der Waals surface area contributed by atoms with Crippen LogP contribution < -0.4 is 10.6 Å². The molecule has 4 nitrogen and oxygen atoms in total. The molecule has 0 spiro atoms. The fourth-order valence-electron chi connectivity index (χ4n) is 2.65. The summed E-state index contributed by atoms with van der Waals surface area (Å²) in [6, 6.07) is 17.3. The molecule has 1 saturated carbocycles. The van der Waals surface area contributed by atoms with E-state index in [-0.39, 0.29) is 23.7 Å². The molecule has 24 heavy (non-hydrogen) atoms. The van der Waals surface area contributed by atoms with Crippen molar-refractivity contribution in [3.8, 4) is 0 Å². The van der Waals surface area contributed by atoms with Crippen molar-refractivity contribution >= 4 is 23.2 Å². The number of hydrogen-bond acceptors (Lipinski definition) is 2. The third kappa shape index (κ3) is 4.44. The second-order valence-corrected chi connectivity index (χ2v) is 6.41. The molecule has 2 amide bonds. The van der Waals surface area contributed by atoms with Crippen molar-refractivity contribution in [2.75, 3.05) is 10.6 Å². The van der Waals surface area contributed by atoms with Crippen LogP contribution in [0.1, 0.15) is 37.7 Å². The smallest absolute Gasteiger partial charge is 0.227 e. The Morgan fingerprint density at radius 1 is 1.00 bits per heavy atom. The summed E-state index contributed by atoms with van der Waals surface area (Å²) in [5, 5.41) is 5.80. The van der Waals surface area contributed by atoms with Gasteiger partial charge in [0.25, 0.3) is 0 Å². The molecule has 2 aromatic carbocycles. The highest BCUT2D eigenvalue weighted by Gasteiger charge is 2.29. The summed E-state index contributed by atoms with van der Waals surface area (Å²) in [6.45, 7) is 2.04. The number of anilines is 2. The number of carbonyl (C=O) groups excluding carboxylic acids is 2. The van der Waals surface area contributed by atoms with Crippen LogP contribution in [0.25, 0.3) is 0 Å². The molecular formula is C20H22N2O2. The Morgan fingerprint density at radius 3 is 2.33 bits per heavy atom. The summed E-state index contributed by atoms with van der Waals surface area (Å²) in [7, 11) is 0. The van der Waals surface area contributed by atoms with E-state index in [1.165, 1.54) is 0 Å². The van der Waals surface area contributed by atoms with Crippen LogP contribution in [-0.2, 0) is 9.59 Å². The predicted molar refractivity (Wildman–Crippen MR) is 95.9 cm³/mol. The molecule has 0 heterocycles. The summed E-state index contributed by atoms with van der Waals surface area (Å²) in [6.07, 6.45) is 2.36. The van der Waals surface area contributed by atoms with Gasteiger partial charge < -0.3 is 10.6 Å². The van der Waals surface area contributed by atoms with E-state index in [0.29, 0.717) is 12.1 Å². The molecule has 3 rings (SSSR count). The predicted octanol–water partition coefficient (Wildman–Crippen LogP) is 4.17. The van der Waals surface area contributed by atoms with Crippen LogP contribution in [0.3, 0.4) is 0 Å². The first kappa shape index (κ1) is 16.2. The molecule has 124 valence electrons. The molecule has 0 radical (unpaired) electrons. The maximum atomic E-state index is 12.2. The lowest BCUT2D eigenvalue weighted by Gasteiger charge is -2.13. The number of nitrogens with one attached hydrogen (secondary N) is 2. The molecule has 1 fully saturated rings. The van der Waals surface area contributed by atoms with Crippen molar-refractivity contribution in [2.24, 2.45) is 5.92 Å². The van der Waals surface area contributed by atoms with E-state index < -0.39 is 0 Å². The van der Waals surface area contributed by atoms with E-state index in [1.54, 1.807) is 6.07 Å². The van der Waals surface area contributed by atoms with Gasteiger partial charge in [-0.25, -0.2) is 0 Å². The van der Waals surface area contributed by atoms with Crippen molar-refractivity contribution < 1.29 is 9.59 Å². The minimum Gasteiger partial charge on any atom is -0.326 e. The SMILES string of the molecule is CC(CC(=O)Nc1cccc(NC(=O)C2CC2)c1)c1ccccc1. The Kier molecular flexibility index (Phi) is 4.94. The van der Waals surface area contributed by atoms with E-state index in [2.05, 4.69) is 10.6 Å². The molecule has 0 bridgehead atoms. The van der Waals surface area contributed by atoms with Gasteiger partial charge in [0.05, 0.1) is 0 Å². The van der Waals surface area contributed by atoms with E-state index in [0.717, 1.165) is 24.1 Å². The summed E-state index contributed by atoms with van der Waals surface area (Å²) >= 11 is 0. The van der Waals surface area contributed by atoms with Gasteiger partial charge in [0, 0.05) is 23.7 Å². The van der Waals surface area contributed by atoms with Crippen LogP contribution in [0.2, 0.25) is 0 Å². The molecule has 2 aromatic rings. The highest BCUT2D eigenvalue weighted by molar-refractivity contribution is 5.96. The molecular weight excluding hydrogens is 300 g/mol. The Hall–Kier alpha value is -2.62. The first-order chi connectivity index (χ1) is 11.6. The fraction of sp³-hybridized carbons (Fsp3) is 0.300. The monoisotopic (exact) mass is 322 g/mol. The Balaban J connectivity index is 1.56. The average Bonchev–Trinajstić information content (AvgIpc) is 3.41. The van der Waals surface area contributed by atoms with Crippen molar-refractivity contribution in [2.45, 2.75) is 32.1 Å². The lowest BCUT2D eigenvalue weighted by molar-refractivity contribution is -0.117. The van der Waals surface area contributed by atoms with Gasteiger partial charge in [-0.2, -0.15) is 0 Å². The van der Waals surface area contributed by atoms with Crippen LogP contribution in [0.5, 0.6) is 0 Å². The molecule has 1 aliphatic rings. The van der Waals surface area contributed by atoms with E-state index in [9.17, 15) is 9.59 Å². The van der Waals surface area contributed by atoms with Gasteiger partial charge in [0.2, 0.25) is 11.8 Å². The quantitative estimate of drug-likeness (QED) is 0.838. The Labute approximate surface area is 142 Å². The van der Waals surface area contributed by atoms with Gasteiger partial charge in [0.15, 0.2) is 0 Å². The fourth-order valence-corrected chi connectivity index (χ4v) is 2.65. The number of hydrogen-bond donors (Lipinski definition) is 2. The number of rotatable bonds is 6. The third-order valence-corrected chi connectivity index (χ3v) is 4.22.